The average Bonchev–Trinajstić information content (AvgIpc) is 2.75. The number of ether oxygens (including phenoxy) is 2. The lowest BCUT2D eigenvalue weighted by atomic mass is 9.81. The van der Waals surface area contributed by atoms with Crippen LogP contribution in [0.15, 0.2) is 97.1 Å². The molecule has 2 heterocycles. The van der Waals surface area contributed by atoms with Crippen LogP contribution in [0.1, 0.15) is 22.3 Å². The zero-order chi connectivity index (χ0) is 19.6. The SMILES string of the molecule is C=C1C=C2c3ccccc3C=CC2OC12OC1C=Cc3ccccc3C1=CC2=C. The minimum atomic E-state index is -1.05. The molecule has 2 aromatic rings. The van der Waals surface area contributed by atoms with Crippen molar-refractivity contribution >= 4 is 23.3 Å². The molecule has 6 rings (SSSR count). The Morgan fingerprint density at radius 3 is 1.59 bits per heavy atom. The number of hydrogen-bond acceptors (Lipinski definition) is 2. The summed E-state index contributed by atoms with van der Waals surface area (Å²) < 4.78 is 13.2. The molecular formula is C27H20O2. The second-order valence-electron chi connectivity index (χ2n) is 7.84. The highest BCUT2D eigenvalue weighted by Gasteiger charge is 2.48. The molecule has 0 bridgehead atoms. The highest BCUT2D eigenvalue weighted by molar-refractivity contribution is 5.87. The fraction of sp³-hybridized carbons (Fsp3) is 0.111. The summed E-state index contributed by atoms with van der Waals surface area (Å²) in [6.07, 6.45) is 12.2. The van der Waals surface area contributed by atoms with Crippen LogP contribution in [0.25, 0.3) is 23.3 Å². The van der Waals surface area contributed by atoms with Gasteiger partial charge in [-0.2, -0.15) is 0 Å². The van der Waals surface area contributed by atoms with Crippen LogP contribution in [0, 0.1) is 0 Å². The summed E-state index contributed by atoms with van der Waals surface area (Å²) in [4.78, 5) is 0. The van der Waals surface area contributed by atoms with Crippen molar-refractivity contribution in [1.82, 2.24) is 0 Å². The minimum absolute atomic E-state index is 0.193. The molecule has 2 aromatic carbocycles. The first-order valence-corrected chi connectivity index (χ1v) is 9.88. The molecule has 1 spiro atoms. The summed E-state index contributed by atoms with van der Waals surface area (Å²) in [6, 6.07) is 16.7. The molecule has 0 fully saturated rings. The lowest BCUT2D eigenvalue weighted by Gasteiger charge is -2.47. The Morgan fingerprint density at radius 2 is 1.10 bits per heavy atom. The zero-order valence-corrected chi connectivity index (χ0v) is 16.0. The predicted octanol–water partition coefficient (Wildman–Crippen LogP) is 5.81. The molecule has 4 aliphatic rings. The Morgan fingerprint density at radius 1 is 0.655 bits per heavy atom. The first-order chi connectivity index (χ1) is 14.2. The van der Waals surface area contributed by atoms with Crippen molar-refractivity contribution in [2.75, 3.05) is 0 Å². The third-order valence-corrected chi connectivity index (χ3v) is 6.15. The quantitative estimate of drug-likeness (QED) is 0.577. The molecule has 0 radical (unpaired) electrons. The predicted molar refractivity (Wildman–Crippen MR) is 118 cm³/mol. The molecule has 0 saturated carbocycles. The van der Waals surface area contributed by atoms with Gasteiger partial charge >= 0.3 is 0 Å². The van der Waals surface area contributed by atoms with Crippen molar-refractivity contribution in [1.29, 1.82) is 0 Å². The van der Waals surface area contributed by atoms with Gasteiger partial charge in [0.15, 0.2) is 0 Å². The fourth-order valence-electron chi connectivity index (χ4n) is 4.69. The monoisotopic (exact) mass is 376 g/mol. The van der Waals surface area contributed by atoms with Gasteiger partial charge in [0.2, 0.25) is 5.79 Å². The van der Waals surface area contributed by atoms with Crippen LogP contribution in [0.5, 0.6) is 0 Å². The van der Waals surface area contributed by atoms with Gasteiger partial charge in [-0.25, -0.2) is 0 Å². The van der Waals surface area contributed by atoms with Crippen molar-refractivity contribution in [2.45, 2.75) is 18.0 Å². The second kappa shape index (κ2) is 5.90. The number of rotatable bonds is 0. The Labute approximate surface area is 170 Å². The molecule has 2 heteroatoms. The van der Waals surface area contributed by atoms with Gasteiger partial charge in [0.05, 0.1) is 0 Å². The number of benzene rings is 2. The van der Waals surface area contributed by atoms with Crippen molar-refractivity contribution in [3.8, 4) is 0 Å². The molecule has 2 aliphatic carbocycles. The van der Waals surface area contributed by atoms with E-state index in [0.717, 1.165) is 22.3 Å². The van der Waals surface area contributed by atoms with E-state index in [9.17, 15) is 0 Å². The topological polar surface area (TPSA) is 18.5 Å². The second-order valence-corrected chi connectivity index (χ2v) is 7.84. The largest absolute Gasteiger partial charge is 0.330 e. The Kier molecular flexibility index (Phi) is 3.40. The third-order valence-electron chi connectivity index (χ3n) is 6.15. The van der Waals surface area contributed by atoms with E-state index in [2.05, 4.69) is 98.1 Å². The van der Waals surface area contributed by atoms with Crippen LogP contribution in [0.2, 0.25) is 0 Å². The summed E-state index contributed by atoms with van der Waals surface area (Å²) in [5, 5.41) is 0. The molecule has 0 N–H and O–H groups in total. The van der Waals surface area contributed by atoms with Crippen molar-refractivity contribution in [3.63, 3.8) is 0 Å². The van der Waals surface area contributed by atoms with Gasteiger partial charge in [-0.3, -0.25) is 0 Å². The van der Waals surface area contributed by atoms with E-state index in [-0.39, 0.29) is 12.2 Å². The van der Waals surface area contributed by atoms with Gasteiger partial charge in [-0.15, -0.1) is 0 Å². The summed E-state index contributed by atoms with van der Waals surface area (Å²) in [6.45, 7) is 8.65. The first kappa shape index (κ1) is 16.7. The van der Waals surface area contributed by atoms with Crippen LogP contribution < -0.4 is 0 Å². The van der Waals surface area contributed by atoms with Crippen LogP contribution in [-0.2, 0) is 9.47 Å². The van der Waals surface area contributed by atoms with E-state index in [4.69, 9.17) is 9.47 Å². The molecule has 0 amide bonds. The molecule has 2 atom stereocenters. The molecule has 2 nitrogen and oxygen atoms in total. The molecule has 0 saturated heterocycles. The van der Waals surface area contributed by atoms with Crippen molar-refractivity contribution in [2.24, 2.45) is 0 Å². The van der Waals surface area contributed by atoms with Gasteiger partial charge < -0.3 is 9.47 Å². The van der Waals surface area contributed by atoms with E-state index in [1.165, 1.54) is 22.3 Å². The molecular weight excluding hydrogens is 356 g/mol. The third kappa shape index (κ3) is 2.30. The van der Waals surface area contributed by atoms with Gasteiger partial charge in [-0.1, -0.05) is 86.0 Å². The standard InChI is InChI=1S/C27H20O2/c1-17-15-23-21-9-5-3-7-19(21)11-13-25(23)28-27(17)18(2)16-24-22-10-6-4-8-20(22)12-14-26(24)29-27/h3-16,25-26H,1-2H2. The summed E-state index contributed by atoms with van der Waals surface area (Å²) >= 11 is 0. The van der Waals surface area contributed by atoms with Gasteiger partial charge in [0.25, 0.3) is 0 Å². The maximum Gasteiger partial charge on any atom is 0.222 e. The summed E-state index contributed by atoms with van der Waals surface area (Å²) in [7, 11) is 0. The highest BCUT2D eigenvalue weighted by atomic mass is 16.7. The maximum atomic E-state index is 6.58. The Bertz CT molecular complexity index is 1110. The summed E-state index contributed by atoms with van der Waals surface area (Å²) in [5.41, 5.74) is 8.55. The van der Waals surface area contributed by atoms with Gasteiger partial charge in [0.1, 0.15) is 12.2 Å². The van der Waals surface area contributed by atoms with E-state index >= 15 is 0 Å². The molecule has 29 heavy (non-hydrogen) atoms. The zero-order valence-electron chi connectivity index (χ0n) is 16.0. The lowest BCUT2D eigenvalue weighted by molar-refractivity contribution is -0.200. The van der Waals surface area contributed by atoms with E-state index in [0.29, 0.717) is 0 Å². The fourth-order valence-corrected chi connectivity index (χ4v) is 4.69. The molecule has 0 aromatic heterocycles. The number of fused-ring (bicyclic) bond motifs is 6. The smallest absolute Gasteiger partial charge is 0.222 e. The van der Waals surface area contributed by atoms with Crippen molar-refractivity contribution < 1.29 is 9.47 Å². The molecule has 140 valence electrons. The van der Waals surface area contributed by atoms with Crippen molar-refractivity contribution in [3.05, 3.63) is 119 Å². The van der Waals surface area contributed by atoms with E-state index in [1.54, 1.807) is 0 Å². The van der Waals surface area contributed by atoms with Crippen LogP contribution in [-0.4, -0.2) is 18.0 Å². The Balaban J connectivity index is 1.44. The van der Waals surface area contributed by atoms with Gasteiger partial charge in [-0.05, 0) is 45.6 Å². The van der Waals surface area contributed by atoms with Crippen LogP contribution in [0.3, 0.4) is 0 Å². The number of hydrogen-bond donors (Lipinski definition) is 0. The van der Waals surface area contributed by atoms with E-state index < -0.39 is 5.79 Å². The van der Waals surface area contributed by atoms with E-state index in [1.807, 2.05) is 0 Å². The maximum absolute atomic E-state index is 6.58. The van der Waals surface area contributed by atoms with Crippen LogP contribution >= 0.6 is 0 Å². The molecule has 2 unspecified atom stereocenters. The van der Waals surface area contributed by atoms with Crippen LogP contribution in [0.4, 0.5) is 0 Å². The average molecular weight is 376 g/mol. The van der Waals surface area contributed by atoms with Gasteiger partial charge in [0, 0.05) is 11.1 Å². The first-order valence-electron chi connectivity index (χ1n) is 9.88. The molecule has 2 aliphatic heterocycles. The normalized spacial score (nSPS) is 28.8. The highest BCUT2D eigenvalue weighted by Crippen LogP contribution is 2.49. The minimum Gasteiger partial charge on any atom is -0.330 e. The lowest BCUT2D eigenvalue weighted by Crippen LogP contribution is -2.49. The summed E-state index contributed by atoms with van der Waals surface area (Å²) in [5.74, 6) is -1.05. The Hall–Kier alpha value is -3.20.